The third kappa shape index (κ3) is 4.65. The molecule has 1 saturated heterocycles. The number of aromatic nitrogens is 2. The Labute approximate surface area is 142 Å². The van der Waals surface area contributed by atoms with E-state index in [4.69, 9.17) is 0 Å². The quantitative estimate of drug-likeness (QED) is 0.915. The van der Waals surface area contributed by atoms with Crippen LogP contribution in [0.15, 0.2) is 42.7 Å². The van der Waals surface area contributed by atoms with E-state index < -0.39 is 6.36 Å². The van der Waals surface area contributed by atoms with E-state index in [1.54, 1.807) is 15.8 Å². The molecule has 3 rings (SSSR count). The van der Waals surface area contributed by atoms with Crippen LogP contribution in [0, 0.1) is 0 Å². The van der Waals surface area contributed by atoms with E-state index in [0.717, 1.165) is 18.9 Å². The van der Waals surface area contributed by atoms with Gasteiger partial charge in [-0.15, -0.1) is 13.2 Å². The molecule has 6 nitrogen and oxygen atoms in total. The monoisotopic (exact) mass is 354 g/mol. The van der Waals surface area contributed by atoms with Crippen LogP contribution in [0.25, 0.3) is 0 Å². The van der Waals surface area contributed by atoms with Crippen LogP contribution in [0.5, 0.6) is 5.75 Å². The van der Waals surface area contributed by atoms with Gasteiger partial charge < -0.3 is 15.0 Å². The van der Waals surface area contributed by atoms with Crippen LogP contribution in [0.4, 0.5) is 23.7 Å². The van der Waals surface area contributed by atoms with E-state index in [1.165, 1.54) is 18.2 Å². The maximum absolute atomic E-state index is 12.5. The topological polar surface area (TPSA) is 59.4 Å². The standard InChI is InChI=1S/C16H17F3N4O2/c17-16(18,19)25-14-6-1-4-12(10-14)21-15(24)23-9-2-5-13(23)11-22-8-3-7-20-22/h1,3-4,6-8,10,13H,2,5,9,11H2,(H,21,24)/t13-/m1/s1. The lowest BCUT2D eigenvalue weighted by atomic mass is 10.2. The maximum Gasteiger partial charge on any atom is 0.573 e. The highest BCUT2D eigenvalue weighted by Gasteiger charge is 2.32. The van der Waals surface area contributed by atoms with E-state index in [9.17, 15) is 18.0 Å². The number of carbonyl (C=O) groups excluding carboxylic acids is 1. The Morgan fingerprint density at radius 3 is 2.92 bits per heavy atom. The first-order chi connectivity index (χ1) is 11.9. The van der Waals surface area contributed by atoms with Crippen LogP contribution in [0.2, 0.25) is 0 Å². The minimum Gasteiger partial charge on any atom is -0.406 e. The summed E-state index contributed by atoms with van der Waals surface area (Å²) in [5.41, 5.74) is 0.247. The first kappa shape index (κ1) is 17.1. The summed E-state index contributed by atoms with van der Waals surface area (Å²) in [4.78, 5) is 14.2. The van der Waals surface area contributed by atoms with E-state index in [1.807, 2.05) is 12.3 Å². The van der Waals surface area contributed by atoms with Gasteiger partial charge >= 0.3 is 12.4 Å². The number of amides is 2. The van der Waals surface area contributed by atoms with Crippen molar-refractivity contribution in [2.24, 2.45) is 0 Å². The summed E-state index contributed by atoms with van der Waals surface area (Å²) in [7, 11) is 0. The van der Waals surface area contributed by atoms with Crippen molar-refractivity contribution < 1.29 is 22.7 Å². The number of anilines is 1. The van der Waals surface area contributed by atoms with Gasteiger partial charge in [0.25, 0.3) is 0 Å². The number of nitrogens with one attached hydrogen (secondary N) is 1. The van der Waals surface area contributed by atoms with E-state index in [2.05, 4.69) is 15.2 Å². The molecule has 1 aromatic carbocycles. The number of hydrogen-bond donors (Lipinski definition) is 1. The Morgan fingerprint density at radius 2 is 2.20 bits per heavy atom. The number of rotatable bonds is 4. The predicted octanol–water partition coefficient (Wildman–Crippen LogP) is 3.48. The minimum atomic E-state index is -4.77. The summed E-state index contributed by atoms with van der Waals surface area (Å²) < 4.78 is 42.5. The molecular formula is C16H17F3N4O2. The van der Waals surface area contributed by atoms with Crippen LogP contribution in [0.3, 0.4) is 0 Å². The largest absolute Gasteiger partial charge is 0.573 e. The smallest absolute Gasteiger partial charge is 0.406 e. The average Bonchev–Trinajstić information content (AvgIpc) is 3.18. The molecule has 134 valence electrons. The van der Waals surface area contributed by atoms with Gasteiger partial charge in [-0.2, -0.15) is 5.10 Å². The van der Waals surface area contributed by atoms with Crippen LogP contribution in [-0.2, 0) is 6.54 Å². The third-order valence-electron chi connectivity index (χ3n) is 3.91. The van der Waals surface area contributed by atoms with Crippen molar-refractivity contribution in [1.82, 2.24) is 14.7 Å². The Bertz CT molecular complexity index is 718. The lowest BCUT2D eigenvalue weighted by Crippen LogP contribution is -2.40. The van der Waals surface area contributed by atoms with Gasteiger partial charge in [-0.25, -0.2) is 4.79 Å². The molecule has 0 saturated carbocycles. The van der Waals surface area contributed by atoms with Crippen molar-refractivity contribution in [3.63, 3.8) is 0 Å². The summed E-state index contributed by atoms with van der Waals surface area (Å²) in [5.74, 6) is -0.375. The van der Waals surface area contributed by atoms with Gasteiger partial charge in [-0.05, 0) is 31.0 Å². The summed E-state index contributed by atoms with van der Waals surface area (Å²) in [6.07, 6.45) is 0.450. The molecule has 1 aromatic heterocycles. The summed E-state index contributed by atoms with van der Waals surface area (Å²) >= 11 is 0. The molecular weight excluding hydrogens is 337 g/mol. The molecule has 9 heteroatoms. The molecule has 2 heterocycles. The maximum atomic E-state index is 12.5. The van der Waals surface area contributed by atoms with Crippen molar-refractivity contribution in [2.45, 2.75) is 31.8 Å². The molecule has 2 aromatic rings. The Balaban J connectivity index is 1.64. The lowest BCUT2D eigenvalue weighted by molar-refractivity contribution is -0.274. The van der Waals surface area contributed by atoms with Gasteiger partial charge in [0, 0.05) is 30.7 Å². The average molecular weight is 354 g/mol. The summed E-state index contributed by atoms with van der Waals surface area (Å²) in [5, 5.41) is 6.77. The molecule has 1 aliphatic rings. The zero-order valence-electron chi connectivity index (χ0n) is 13.2. The molecule has 1 N–H and O–H groups in total. The Kier molecular flexibility index (Phi) is 4.82. The molecule has 0 aliphatic carbocycles. The van der Waals surface area contributed by atoms with Gasteiger partial charge in [0.05, 0.1) is 12.6 Å². The molecule has 0 unspecified atom stereocenters. The number of nitrogens with zero attached hydrogens (tertiary/aromatic N) is 3. The highest BCUT2D eigenvalue weighted by atomic mass is 19.4. The fraction of sp³-hybridized carbons (Fsp3) is 0.375. The minimum absolute atomic E-state index is 0.00509. The Hall–Kier alpha value is -2.71. The molecule has 1 aliphatic heterocycles. The highest BCUT2D eigenvalue weighted by molar-refractivity contribution is 5.89. The number of hydrogen-bond acceptors (Lipinski definition) is 3. The number of carbonyl (C=O) groups is 1. The fourth-order valence-corrected chi connectivity index (χ4v) is 2.88. The molecule has 25 heavy (non-hydrogen) atoms. The predicted molar refractivity (Wildman–Crippen MR) is 84.1 cm³/mol. The fourth-order valence-electron chi connectivity index (χ4n) is 2.88. The second kappa shape index (κ2) is 7.04. The van der Waals surface area contributed by atoms with Crippen molar-refractivity contribution in [3.05, 3.63) is 42.7 Å². The van der Waals surface area contributed by atoms with Gasteiger partial charge in [0.1, 0.15) is 5.75 Å². The van der Waals surface area contributed by atoms with Crippen molar-refractivity contribution >= 4 is 11.7 Å². The molecule has 0 bridgehead atoms. The van der Waals surface area contributed by atoms with E-state index in [0.29, 0.717) is 13.1 Å². The molecule has 2 amide bonds. The number of ether oxygens (including phenoxy) is 1. The number of urea groups is 1. The normalized spacial score (nSPS) is 17.6. The van der Waals surface area contributed by atoms with Gasteiger partial charge in [0.15, 0.2) is 0 Å². The Morgan fingerprint density at radius 1 is 1.36 bits per heavy atom. The molecule has 1 fully saturated rings. The summed E-state index contributed by atoms with van der Waals surface area (Å²) in [6, 6.07) is 6.68. The SMILES string of the molecule is O=C(Nc1cccc(OC(F)(F)F)c1)N1CCC[C@@H]1Cn1cccn1. The van der Waals surface area contributed by atoms with E-state index >= 15 is 0 Å². The molecule has 0 radical (unpaired) electrons. The van der Waals surface area contributed by atoms with Gasteiger partial charge in [-0.3, -0.25) is 4.68 Å². The zero-order chi connectivity index (χ0) is 17.9. The number of halogens is 3. The number of alkyl halides is 3. The number of likely N-dealkylation sites (tertiary alicyclic amines) is 1. The number of benzene rings is 1. The summed E-state index contributed by atoms with van der Waals surface area (Å²) in [6.45, 7) is 1.17. The lowest BCUT2D eigenvalue weighted by Gasteiger charge is -2.25. The van der Waals surface area contributed by atoms with Gasteiger partial charge in [-0.1, -0.05) is 6.07 Å². The zero-order valence-corrected chi connectivity index (χ0v) is 13.2. The van der Waals surface area contributed by atoms with Crippen molar-refractivity contribution in [3.8, 4) is 5.75 Å². The third-order valence-corrected chi connectivity index (χ3v) is 3.91. The van der Waals surface area contributed by atoms with Crippen LogP contribution in [-0.4, -0.2) is 39.7 Å². The highest BCUT2D eigenvalue weighted by Crippen LogP contribution is 2.26. The molecule has 0 spiro atoms. The first-order valence-corrected chi connectivity index (χ1v) is 7.81. The van der Waals surface area contributed by atoms with Gasteiger partial charge in [0.2, 0.25) is 0 Å². The van der Waals surface area contributed by atoms with Crippen molar-refractivity contribution in [1.29, 1.82) is 0 Å². The first-order valence-electron chi connectivity index (χ1n) is 7.81. The van der Waals surface area contributed by atoms with Crippen LogP contribution in [0.1, 0.15) is 12.8 Å². The van der Waals surface area contributed by atoms with Crippen molar-refractivity contribution in [2.75, 3.05) is 11.9 Å². The molecule has 1 atom stereocenters. The van der Waals surface area contributed by atoms with Crippen LogP contribution < -0.4 is 10.1 Å². The van der Waals surface area contributed by atoms with E-state index in [-0.39, 0.29) is 23.5 Å². The second-order valence-corrected chi connectivity index (χ2v) is 5.72. The van der Waals surface area contributed by atoms with Crippen LogP contribution >= 0.6 is 0 Å². The second-order valence-electron chi connectivity index (χ2n) is 5.72.